The number of carbonyl (C=O) groups is 2. The summed E-state index contributed by atoms with van der Waals surface area (Å²) in [5, 5.41) is 2.27. The molecular weight excluding hydrogens is 536 g/mol. The zero-order valence-electron chi connectivity index (χ0n) is 22.1. The van der Waals surface area contributed by atoms with Crippen molar-refractivity contribution in [2.75, 3.05) is 51.3 Å². The van der Waals surface area contributed by atoms with E-state index in [-0.39, 0.29) is 30.1 Å². The van der Waals surface area contributed by atoms with Crippen molar-refractivity contribution in [3.05, 3.63) is 108 Å². The fourth-order valence-corrected chi connectivity index (χ4v) is 4.88. The summed E-state index contributed by atoms with van der Waals surface area (Å²) in [7, 11) is 1.66. The summed E-state index contributed by atoms with van der Waals surface area (Å²) in [6, 6.07) is 22.5. The van der Waals surface area contributed by atoms with Gasteiger partial charge < -0.3 is 9.64 Å². The van der Waals surface area contributed by atoms with Gasteiger partial charge in [0, 0.05) is 61.5 Å². The highest BCUT2D eigenvalue weighted by Gasteiger charge is 2.26. The molecule has 1 heterocycles. The maximum atomic E-state index is 13.4. The minimum Gasteiger partial charge on any atom is -0.497 e. The number of hydrogen-bond donors (Lipinski definition) is 0. The predicted octanol–water partition coefficient (Wildman–Crippen LogP) is 5.65. The van der Waals surface area contributed by atoms with E-state index in [0.29, 0.717) is 6.54 Å². The second kappa shape index (κ2) is 12.9. The topological polar surface area (TPSA) is 53.1 Å². The Labute approximate surface area is 238 Å². The van der Waals surface area contributed by atoms with E-state index in [1.54, 1.807) is 7.11 Å². The maximum absolute atomic E-state index is 13.4. The van der Waals surface area contributed by atoms with Gasteiger partial charge in [-0.1, -0.05) is 18.2 Å². The average molecular weight is 566 g/mol. The monoisotopic (exact) mass is 565 g/mol. The van der Waals surface area contributed by atoms with Gasteiger partial charge in [0.25, 0.3) is 11.8 Å². The van der Waals surface area contributed by atoms with Crippen LogP contribution in [0.1, 0.15) is 20.7 Å². The highest BCUT2D eigenvalue weighted by molar-refractivity contribution is 6.10. The first-order valence-corrected chi connectivity index (χ1v) is 12.8. The molecule has 0 bridgehead atoms. The molecule has 0 atom stereocenters. The Morgan fingerprint density at radius 1 is 0.800 bits per heavy atom. The molecule has 4 aromatic carbocycles. The van der Waals surface area contributed by atoms with Crippen LogP contribution in [0.25, 0.3) is 10.8 Å². The fourth-order valence-electron chi connectivity index (χ4n) is 4.88. The lowest BCUT2D eigenvalue weighted by molar-refractivity contribution is 0.0596. The molecule has 4 aromatic rings. The molecule has 5 rings (SSSR count). The minimum absolute atomic E-state index is 0. The summed E-state index contributed by atoms with van der Waals surface area (Å²) in [4.78, 5) is 32.3. The van der Waals surface area contributed by atoms with Gasteiger partial charge >= 0.3 is 0 Å². The Morgan fingerprint density at radius 2 is 1.38 bits per heavy atom. The number of nitrogens with zero attached hydrogens (tertiary/aromatic N) is 3. The lowest BCUT2D eigenvalue weighted by Gasteiger charge is -2.37. The van der Waals surface area contributed by atoms with E-state index in [9.17, 15) is 18.4 Å². The lowest BCUT2D eigenvalue weighted by Crippen LogP contribution is -2.50. The summed E-state index contributed by atoms with van der Waals surface area (Å²) in [6.45, 7) is 3.71. The standard InChI is InChI=1S/C31H29F2N3O3.ClH/c1-39-27-14-9-22-3-2-4-29(28(22)21-27)35-18-15-34(16-19-35)17-20-36(30(37)23-5-10-25(32)11-6-23)31(38)24-7-12-26(33)13-8-24;/h2-14,21H,15-20H2,1H3;1H. The van der Waals surface area contributed by atoms with E-state index in [4.69, 9.17) is 4.74 Å². The third-order valence-corrected chi connectivity index (χ3v) is 7.09. The quantitative estimate of drug-likeness (QED) is 0.271. The first-order valence-electron chi connectivity index (χ1n) is 12.8. The minimum atomic E-state index is -0.521. The van der Waals surface area contributed by atoms with Gasteiger partial charge in [-0.15, -0.1) is 12.4 Å². The molecular formula is C31H30ClF2N3O3. The Hall–Kier alpha value is -4.01. The second-order valence-corrected chi connectivity index (χ2v) is 9.47. The van der Waals surface area contributed by atoms with Crippen molar-refractivity contribution < 1.29 is 23.1 Å². The van der Waals surface area contributed by atoms with Gasteiger partial charge in [0.05, 0.1) is 7.11 Å². The molecule has 0 spiro atoms. The zero-order chi connectivity index (χ0) is 27.4. The van der Waals surface area contributed by atoms with Crippen LogP contribution in [0.5, 0.6) is 5.75 Å². The molecule has 1 saturated heterocycles. The molecule has 2 amide bonds. The number of amides is 2. The predicted molar refractivity (Wildman–Crippen MR) is 155 cm³/mol. The number of methoxy groups -OCH3 is 1. The summed E-state index contributed by atoms with van der Waals surface area (Å²) in [5.41, 5.74) is 1.57. The fraction of sp³-hybridized carbons (Fsp3) is 0.226. The van der Waals surface area contributed by atoms with Crippen molar-refractivity contribution in [3.8, 4) is 5.75 Å². The number of hydrogen-bond acceptors (Lipinski definition) is 5. The Balaban J connectivity index is 0.00000370. The number of benzene rings is 4. The SMILES string of the molecule is COc1ccc2cccc(N3CCN(CCN(C(=O)c4ccc(F)cc4)C(=O)c4ccc(F)cc4)CC3)c2c1.Cl. The van der Waals surface area contributed by atoms with E-state index in [0.717, 1.165) is 53.3 Å². The van der Waals surface area contributed by atoms with Crippen LogP contribution in [0.2, 0.25) is 0 Å². The van der Waals surface area contributed by atoms with Crippen LogP contribution >= 0.6 is 12.4 Å². The number of ether oxygens (including phenoxy) is 1. The molecule has 1 aliphatic rings. The van der Waals surface area contributed by atoms with Gasteiger partial charge in [-0.3, -0.25) is 19.4 Å². The van der Waals surface area contributed by atoms with Crippen LogP contribution in [-0.4, -0.2) is 68.0 Å². The molecule has 6 nitrogen and oxygen atoms in total. The number of imide groups is 1. The Bertz CT molecular complexity index is 1420. The molecule has 0 unspecified atom stereocenters. The number of carbonyl (C=O) groups excluding carboxylic acids is 2. The number of halogens is 3. The first-order chi connectivity index (χ1) is 18.9. The van der Waals surface area contributed by atoms with Crippen LogP contribution < -0.4 is 9.64 Å². The van der Waals surface area contributed by atoms with Crippen molar-refractivity contribution in [3.63, 3.8) is 0 Å². The first kappa shape index (κ1) is 29.0. The van der Waals surface area contributed by atoms with Crippen molar-refractivity contribution in [1.82, 2.24) is 9.80 Å². The molecule has 40 heavy (non-hydrogen) atoms. The smallest absolute Gasteiger partial charge is 0.260 e. The average Bonchev–Trinajstić information content (AvgIpc) is 2.97. The van der Waals surface area contributed by atoms with Gasteiger partial charge in [-0.2, -0.15) is 0 Å². The van der Waals surface area contributed by atoms with Gasteiger partial charge in [0.2, 0.25) is 0 Å². The van der Waals surface area contributed by atoms with Gasteiger partial charge in [-0.05, 0) is 72.1 Å². The van der Waals surface area contributed by atoms with Crippen LogP contribution in [0.3, 0.4) is 0 Å². The molecule has 0 aromatic heterocycles. The molecule has 9 heteroatoms. The van der Waals surface area contributed by atoms with Crippen LogP contribution in [0.4, 0.5) is 14.5 Å². The van der Waals surface area contributed by atoms with E-state index in [1.807, 2.05) is 6.07 Å². The molecule has 0 radical (unpaired) electrons. The molecule has 0 saturated carbocycles. The molecule has 0 aliphatic carbocycles. The molecule has 1 fully saturated rings. The van der Waals surface area contributed by atoms with Gasteiger partial charge in [-0.25, -0.2) is 8.78 Å². The number of rotatable bonds is 7. The summed E-state index contributed by atoms with van der Waals surface area (Å²) in [5.74, 6) is -1.17. The van der Waals surface area contributed by atoms with Gasteiger partial charge in [0.15, 0.2) is 0 Å². The Kier molecular flexibility index (Phi) is 9.34. The summed E-state index contributed by atoms with van der Waals surface area (Å²) < 4.78 is 32.3. The lowest BCUT2D eigenvalue weighted by atomic mass is 10.1. The van der Waals surface area contributed by atoms with E-state index < -0.39 is 23.4 Å². The normalized spacial score (nSPS) is 13.5. The third-order valence-electron chi connectivity index (χ3n) is 7.09. The van der Waals surface area contributed by atoms with Crippen molar-refractivity contribution in [2.24, 2.45) is 0 Å². The Morgan fingerprint density at radius 3 is 1.93 bits per heavy atom. The number of anilines is 1. The van der Waals surface area contributed by atoms with Crippen molar-refractivity contribution in [2.45, 2.75) is 0 Å². The number of fused-ring (bicyclic) bond motifs is 1. The third kappa shape index (κ3) is 6.41. The summed E-state index contributed by atoms with van der Waals surface area (Å²) >= 11 is 0. The second-order valence-electron chi connectivity index (χ2n) is 9.47. The highest BCUT2D eigenvalue weighted by Crippen LogP contribution is 2.30. The number of piperazine rings is 1. The highest BCUT2D eigenvalue weighted by atomic mass is 35.5. The van der Waals surface area contributed by atoms with Crippen molar-refractivity contribution in [1.29, 1.82) is 0 Å². The van der Waals surface area contributed by atoms with Crippen LogP contribution in [-0.2, 0) is 0 Å². The van der Waals surface area contributed by atoms with Crippen molar-refractivity contribution >= 4 is 40.7 Å². The zero-order valence-corrected chi connectivity index (χ0v) is 22.9. The molecule has 208 valence electrons. The van der Waals surface area contributed by atoms with Gasteiger partial charge in [0.1, 0.15) is 17.4 Å². The van der Waals surface area contributed by atoms with E-state index in [2.05, 4.69) is 40.1 Å². The van der Waals surface area contributed by atoms with E-state index in [1.165, 1.54) is 48.5 Å². The largest absolute Gasteiger partial charge is 0.497 e. The maximum Gasteiger partial charge on any atom is 0.260 e. The summed E-state index contributed by atoms with van der Waals surface area (Å²) in [6.07, 6.45) is 0. The van der Waals surface area contributed by atoms with Crippen LogP contribution in [0, 0.1) is 11.6 Å². The molecule has 1 aliphatic heterocycles. The van der Waals surface area contributed by atoms with E-state index >= 15 is 0 Å². The van der Waals surface area contributed by atoms with Crippen LogP contribution in [0.15, 0.2) is 84.9 Å². The molecule has 0 N–H and O–H groups in total.